The molecule has 0 heterocycles. The van der Waals surface area contributed by atoms with E-state index in [2.05, 4.69) is 0 Å². The number of rotatable bonds is 3. The Bertz CT molecular complexity index is 496. The molecule has 0 spiro atoms. The summed E-state index contributed by atoms with van der Waals surface area (Å²) >= 11 is 0. The van der Waals surface area contributed by atoms with Gasteiger partial charge in [0.1, 0.15) is 10.6 Å². The standard InChI is InChI=1S/C7H8N2O5S/c1-14-6-4-5(9(10)11)2-3-7(6)15(8,12)13/h2-4H,1H3,(H2,8,12,13). The van der Waals surface area contributed by atoms with Crippen molar-refractivity contribution in [1.82, 2.24) is 0 Å². The quantitative estimate of drug-likeness (QED) is 0.592. The lowest BCUT2D eigenvalue weighted by atomic mass is 10.3. The average Bonchev–Trinajstić information content (AvgIpc) is 2.15. The van der Waals surface area contributed by atoms with Crippen LogP contribution in [0.5, 0.6) is 5.75 Å². The van der Waals surface area contributed by atoms with Crippen molar-refractivity contribution in [2.45, 2.75) is 4.90 Å². The zero-order valence-corrected chi connectivity index (χ0v) is 8.52. The van der Waals surface area contributed by atoms with E-state index in [9.17, 15) is 18.5 Å². The van der Waals surface area contributed by atoms with Crippen LogP contribution in [0.3, 0.4) is 0 Å². The van der Waals surface area contributed by atoms with E-state index in [4.69, 9.17) is 9.88 Å². The molecule has 7 nitrogen and oxygen atoms in total. The molecule has 0 bridgehead atoms. The van der Waals surface area contributed by atoms with Gasteiger partial charge in [-0.3, -0.25) is 10.1 Å². The maximum absolute atomic E-state index is 11.0. The van der Waals surface area contributed by atoms with E-state index in [-0.39, 0.29) is 16.3 Å². The summed E-state index contributed by atoms with van der Waals surface area (Å²) in [6, 6.07) is 3.08. The van der Waals surface area contributed by atoms with Gasteiger partial charge in [0.2, 0.25) is 10.0 Å². The van der Waals surface area contributed by atoms with Crippen molar-refractivity contribution in [2.75, 3.05) is 7.11 Å². The van der Waals surface area contributed by atoms with E-state index in [1.807, 2.05) is 0 Å². The number of benzene rings is 1. The van der Waals surface area contributed by atoms with E-state index < -0.39 is 14.9 Å². The number of nitrogens with zero attached hydrogens (tertiary/aromatic N) is 1. The van der Waals surface area contributed by atoms with Crippen LogP contribution in [0.1, 0.15) is 0 Å². The Balaban J connectivity index is 3.40. The van der Waals surface area contributed by atoms with E-state index in [0.29, 0.717) is 0 Å². The fraction of sp³-hybridized carbons (Fsp3) is 0.143. The Hall–Kier alpha value is -1.67. The number of ether oxygens (including phenoxy) is 1. The maximum atomic E-state index is 11.0. The molecule has 0 aromatic heterocycles. The molecule has 82 valence electrons. The second kappa shape index (κ2) is 3.83. The van der Waals surface area contributed by atoms with Gasteiger partial charge in [-0.1, -0.05) is 0 Å². The van der Waals surface area contributed by atoms with Crippen molar-refractivity contribution in [3.63, 3.8) is 0 Å². The van der Waals surface area contributed by atoms with Crippen LogP contribution >= 0.6 is 0 Å². The average molecular weight is 232 g/mol. The Labute approximate surface area is 85.7 Å². The van der Waals surface area contributed by atoms with E-state index >= 15 is 0 Å². The summed E-state index contributed by atoms with van der Waals surface area (Å²) in [6.07, 6.45) is 0. The van der Waals surface area contributed by atoms with Gasteiger partial charge in [-0.05, 0) is 6.07 Å². The Morgan fingerprint density at radius 2 is 2.07 bits per heavy atom. The fourth-order valence-corrected chi connectivity index (χ4v) is 1.69. The van der Waals surface area contributed by atoms with Crippen molar-refractivity contribution in [1.29, 1.82) is 0 Å². The Kier molecular flexibility index (Phi) is 2.91. The third-order valence-corrected chi connectivity index (χ3v) is 2.61. The first kappa shape index (κ1) is 11.4. The first-order valence-corrected chi connectivity index (χ1v) is 5.26. The van der Waals surface area contributed by atoms with Crippen LogP contribution in [0.4, 0.5) is 5.69 Å². The number of hydrogen-bond acceptors (Lipinski definition) is 5. The Morgan fingerprint density at radius 3 is 2.47 bits per heavy atom. The van der Waals surface area contributed by atoms with Crippen LogP contribution in [0.25, 0.3) is 0 Å². The molecule has 0 aliphatic rings. The third-order valence-electron chi connectivity index (χ3n) is 1.66. The third kappa shape index (κ3) is 2.42. The van der Waals surface area contributed by atoms with Crippen LogP contribution in [0.2, 0.25) is 0 Å². The Morgan fingerprint density at radius 1 is 1.47 bits per heavy atom. The van der Waals surface area contributed by atoms with Gasteiger partial charge >= 0.3 is 0 Å². The monoisotopic (exact) mass is 232 g/mol. The summed E-state index contributed by atoms with van der Waals surface area (Å²) < 4.78 is 26.7. The smallest absolute Gasteiger partial charge is 0.273 e. The van der Waals surface area contributed by atoms with Gasteiger partial charge in [0.25, 0.3) is 5.69 Å². The summed E-state index contributed by atoms with van der Waals surface area (Å²) in [6.45, 7) is 0. The highest BCUT2D eigenvalue weighted by molar-refractivity contribution is 7.89. The van der Waals surface area contributed by atoms with Crippen molar-refractivity contribution >= 4 is 15.7 Å². The second-order valence-electron chi connectivity index (χ2n) is 2.64. The molecule has 1 aromatic rings. The summed E-state index contributed by atoms with van der Waals surface area (Å²) in [4.78, 5) is 9.46. The van der Waals surface area contributed by atoms with Gasteiger partial charge in [-0.15, -0.1) is 0 Å². The van der Waals surface area contributed by atoms with Gasteiger partial charge in [-0.2, -0.15) is 0 Å². The molecule has 0 amide bonds. The lowest BCUT2D eigenvalue weighted by molar-refractivity contribution is -0.385. The minimum Gasteiger partial charge on any atom is -0.495 e. The fourth-order valence-electron chi connectivity index (χ4n) is 1.00. The number of nitrogens with two attached hydrogens (primary N) is 1. The molecule has 0 unspecified atom stereocenters. The first-order valence-electron chi connectivity index (χ1n) is 3.71. The first-order chi connectivity index (χ1) is 6.86. The van der Waals surface area contributed by atoms with E-state index in [1.54, 1.807) is 0 Å². The number of methoxy groups -OCH3 is 1. The zero-order valence-electron chi connectivity index (χ0n) is 7.71. The normalized spacial score (nSPS) is 11.1. The highest BCUT2D eigenvalue weighted by Crippen LogP contribution is 2.27. The summed E-state index contributed by atoms with van der Waals surface area (Å²) in [7, 11) is -2.73. The number of sulfonamides is 1. The molecule has 0 saturated carbocycles. The second-order valence-corrected chi connectivity index (χ2v) is 4.17. The van der Waals surface area contributed by atoms with Crippen molar-refractivity contribution < 1.29 is 18.1 Å². The largest absolute Gasteiger partial charge is 0.495 e. The molecule has 0 aliphatic carbocycles. The van der Waals surface area contributed by atoms with E-state index in [1.165, 1.54) is 7.11 Å². The molecule has 2 N–H and O–H groups in total. The van der Waals surface area contributed by atoms with Gasteiger partial charge in [-0.25, -0.2) is 13.6 Å². The molecule has 1 aromatic carbocycles. The molecule has 8 heteroatoms. The van der Waals surface area contributed by atoms with Crippen LogP contribution in [0, 0.1) is 10.1 Å². The zero-order chi connectivity index (χ0) is 11.6. The molecular formula is C7H8N2O5S. The predicted octanol–water partition coefficient (Wildman–Crippen LogP) is 0.251. The van der Waals surface area contributed by atoms with Crippen LogP contribution in [-0.4, -0.2) is 20.5 Å². The van der Waals surface area contributed by atoms with Crippen LogP contribution in [0.15, 0.2) is 23.1 Å². The highest BCUT2D eigenvalue weighted by atomic mass is 32.2. The molecule has 1 rings (SSSR count). The molecule has 0 fully saturated rings. The number of primary sulfonamides is 1. The molecule has 0 radical (unpaired) electrons. The topological polar surface area (TPSA) is 113 Å². The minimum atomic E-state index is -3.94. The molecule has 0 saturated heterocycles. The van der Waals surface area contributed by atoms with Crippen LogP contribution < -0.4 is 9.88 Å². The van der Waals surface area contributed by atoms with Gasteiger partial charge < -0.3 is 4.74 Å². The number of non-ortho nitro benzene ring substituents is 1. The van der Waals surface area contributed by atoms with Gasteiger partial charge in [0, 0.05) is 6.07 Å². The van der Waals surface area contributed by atoms with Gasteiger partial charge in [0.05, 0.1) is 18.1 Å². The van der Waals surface area contributed by atoms with E-state index in [0.717, 1.165) is 18.2 Å². The number of nitro benzene ring substituents is 1. The lowest BCUT2D eigenvalue weighted by Crippen LogP contribution is -2.13. The van der Waals surface area contributed by atoms with Gasteiger partial charge in [0.15, 0.2) is 0 Å². The molecule has 0 aliphatic heterocycles. The number of nitro groups is 1. The summed E-state index contributed by atoms with van der Waals surface area (Å²) in [5.41, 5.74) is -0.265. The van der Waals surface area contributed by atoms with Crippen molar-refractivity contribution in [3.8, 4) is 5.75 Å². The number of hydrogen-bond donors (Lipinski definition) is 1. The van der Waals surface area contributed by atoms with Crippen molar-refractivity contribution in [3.05, 3.63) is 28.3 Å². The maximum Gasteiger partial charge on any atom is 0.273 e. The lowest BCUT2D eigenvalue weighted by Gasteiger charge is -2.05. The summed E-state index contributed by atoms with van der Waals surface area (Å²) in [5.74, 6) is -0.147. The SMILES string of the molecule is COc1cc([N+](=O)[O-])ccc1S(N)(=O)=O. The summed E-state index contributed by atoms with van der Waals surface area (Å²) in [5, 5.41) is 15.3. The predicted molar refractivity (Wildman–Crippen MR) is 51.0 cm³/mol. The van der Waals surface area contributed by atoms with Crippen LogP contribution in [-0.2, 0) is 10.0 Å². The molecular weight excluding hydrogens is 224 g/mol. The highest BCUT2D eigenvalue weighted by Gasteiger charge is 2.18. The molecule has 0 atom stereocenters. The minimum absolute atomic E-state index is 0.147. The molecule has 15 heavy (non-hydrogen) atoms. The van der Waals surface area contributed by atoms with Crippen molar-refractivity contribution in [2.24, 2.45) is 5.14 Å².